The Morgan fingerprint density at radius 3 is 2.81 bits per heavy atom. The molecule has 0 spiro atoms. The maximum absolute atomic E-state index is 12.8. The number of hydrogen-bond acceptors (Lipinski definition) is 2. The number of amides is 1. The number of benzene rings is 1. The molecule has 0 saturated carbocycles. The lowest BCUT2D eigenvalue weighted by Gasteiger charge is -2.03. The van der Waals surface area contributed by atoms with E-state index in [1.807, 2.05) is 0 Å². The summed E-state index contributed by atoms with van der Waals surface area (Å²) in [5, 5.41) is 5.59. The van der Waals surface area contributed by atoms with Gasteiger partial charge >= 0.3 is 0 Å². The summed E-state index contributed by atoms with van der Waals surface area (Å²) in [5.74, 6) is -2.64. The van der Waals surface area contributed by atoms with E-state index in [2.05, 4.69) is 15.3 Å². The van der Waals surface area contributed by atoms with E-state index >= 15 is 0 Å². The largest absolute Gasteiger partial charge is 0.352 e. The molecule has 0 fully saturated rings. The Hall–Kier alpha value is -2.14. The second-order valence-corrected chi connectivity index (χ2v) is 2.84. The molecular formula is C9H8F2N4O. The van der Waals surface area contributed by atoms with Crippen LogP contribution in [-0.2, 0) is 0 Å². The molecule has 0 bridgehead atoms. The van der Waals surface area contributed by atoms with Crippen LogP contribution in [0.25, 0.3) is 10.4 Å². The number of halogens is 2. The van der Waals surface area contributed by atoms with Gasteiger partial charge in [0.2, 0.25) is 0 Å². The van der Waals surface area contributed by atoms with Crippen molar-refractivity contribution in [3.8, 4) is 0 Å². The number of rotatable bonds is 4. The average molecular weight is 226 g/mol. The van der Waals surface area contributed by atoms with E-state index in [1.54, 1.807) is 0 Å². The molecule has 1 aromatic rings. The van der Waals surface area contributed by atoms with Crippen molar-refractivity contribution in [2.24, 2.45) is 5.11 Å². The summed E-state index contributed by atoms with van der Waals surface area (Å²) in [5.41, 5.74) is 7.98. The standard InChI is InChI=1S/C9H8F2N4O/c10-7-2-1-6(5-8(7)11)9(16)13-3-4-14-15-12/h1-2,5H,3-4H2,(H,13,16). The minimum Gasteiger partial charge on any atom is -0.352 e. The molecule has 1 rings (SSSR count). The summed E-state index contributed by atoms with van der Waals surface area (Å²) < 4.78 is 25.3. The Balaban J connectivity index is 2.59. The van der Waals surface area contributed by atoms with Crippen LogP contribution in [0.2, 0.25) is 0 Å². The zero-order chi connectivity index (χ0) is 12.0. The van der Waals surface area contributed by atoms with Crippen molar-refractivity contribution in [3.63, 3.8) is 0 Å². The van der Waals surface area contributed by atoms with E-state index in [1.165, 1.54) is 6.07 Å². The van der Waals surface area contributed by atoms with Gasteiger partial charge in [0, 0.05) is 23.6 Å². The van der Waals surface area contributed by atoms with Crippen molar-refractivity contribution in [2.45, 2.75) is 0 Å². The molecule has 0 saturated heterocycles. The Morgan fingerprint density at radius 2 is 2.19 bits per heavy atom. The zero-order valence-corrected chi connectivity index (χ0v) is 8.15. The Kier molecular flexibility index (Phi) is 4.23. The fourth-order valence-electron chi connectivity index (χ4n) is 1.00. The lowest BCUT2D eigenvalue weighted by molar-refractivity contribution is 0.0954. The molecule has 0 aliphatic heterocycles. The van der Waals surface area contributed by atoms with Gasteiger partial charge in [-0.1, -0.05) is 5.11 Å². The van der Waals surface area contributed by atoms with Crippen LogP contribution >= 0.6 is 0 Å². The molecule has 5 nitrogen and oxygen atoms in total. The quantitative estimate of drug-likeness (QED) is 0.362. The maximum Gasteiger partial charge on any atom is 0.251 e. The van der Waals surface area contributed by atoms with Crippen molar-refractivity contribution >= 4 is 5.91 Å². The molecule has 0 heterocycles. The van der Waals surface area contributed by atoms with E-state index in [9.17, 15) is 13.6 Å². The monoisotopic (exact) mass is 226 g/mol. The third kappa shape index (κ3) is 3.21. The first-order chi connectivity index (χ1) is 7.65. The highest BCUT2D eigenvalue weighted by Gasteiger charge is 2.08. The van der Waals surface area contributed by atoms with Gasteiger partial charge in [-0.3, -0.25) is 4.79 Å². The fraction of sp³-hybridized carbons (Fsp3) is 0.222. The number of carbonyl (C=O) groups is 1. The first kappa shape index (κ1) is 11.9. The van der Waals surface area contributed by atoms with Crippen LogP contribution in [0, 0.1) is 11.6 Å². The van der Waals surface area contributed by atoms with Gasteiger partial charge in [0.25, 0.3) is 5.91 Å². The van der Waals surface area contributed by atoms with Gasteiger partial charge in [-0.05, 0) is 23.7 Å². The van der Waals surface area contributed by atoms with Gasteiger partial charge < -0.3 is 5.32 Å². The van der Waals surface area contributed by atoms with Gasteiger partial charge in [0.1, 0.15) is 0 Å². The van der Waals surface area contributed by atoms with Crippen molar-refractivity contribution in [3.05, 3.63) is 45.8 Å². The predicted octanol–water partition coefficient (Wildman–Crippen LogP) is 2.00. The van der Waals surface area contributed by atoms with Gasteiger partial charge in [-0.25, -0.2) is 8.78 Å². The molecular weight excluding hydrogens is 218 g/mol. The van der Waals surface area contributed by atoms with E-state index in [-0.39, 0.29) is 18.7 Å². The van der Waals surface area contributed by atoms with Crippen molar-refractivity contribution in [1.29, 1.82) is 0 Å². The molecule has 0 unspecified atom stereocenters. The molecule has 84 valence electrons. The number of hydrogen-bond donors (Lipinski definition) is 1. The summed E-state index contributed by atoms with van der Waals surface area (Å²) in [6.07, 6.45) is 0. The minimum absolute atomic E-state index is 0.0137. The van der Waals surface area contributed by atoms with Crippen LogP contribution in [0.3, 0.4) is 0 Å². The number of nitrogens with zero attached hydrogens (tertiary/aromatic N) is 3. The predicted molar refractivity (Wildman–Crippen MR) is 52.7 cm³/mol. The Morgan fingerprint density at radius 1 is 1.44 bits per heavy atom. The van der Waals surface area contributed by atoms with Gasteiger partial charge in [0.15, 0.2) is 11.6 Å². The molecule has 16 heavy (non-hydrogen) atoms. The molecule has 1 aromatic carbocycles. The number of azide groups is 1. The number of carbonyl (C=O) groups excluding carboxylic acids is 1. The second-order valence-electron chi connectivity index (χ2n) is 2.84. The molecule has 1 amide bonds. The van der Waals surface area contributed by atoms with Crippen LogP contribution in [0.1, 0.15) is 10.4 Å². The van der Waals surface area contributed by atoms with Crippen LogP contribution in [-0.4, -0.2) is 19.0 Å². The summed E-state index contributed by atoms with van der Waals surface area (Å²) in [6.45, 7) is 0.244. The van der Waals surface area contributed by atoms with Gasteiger partial charge in [-0.2, -0.15) is 0 Å². The first-order valence-corrected chi connectivity index (χ1v) is 4.39. The van der Waals surface area contributed by atoms with Crippen LogP contribution in [0.4, 0.5) is 8.78 Å². The second kappa shape index (κ2) is 5.67. The summed E-state index contributed by atoms with van der Waals surface area (Å²) in [6, 6.07) is 2.84. The molecule has 1 N–H and O–H groups in total. The summed E-state index contributed by atoms with van der Waals surface area (Å²) >= 11 is 0. The normalized spacial score (nSPS) is 9.38. The third-order valence-electron chi connectivity index (χ3n) is 1.74. The SMILES string of the molecule is [N-]=[N+]=NCCNC(=O)c1ccc(F)c(F)c1. The molecule has 0 aliphatic rings. The summed E-state index contributed by atoms with van der Waals surface area (Å²) in [7, 11) is 0. The van der Waals surface area contributed by atoms with Crippen molar-refractivity contribution in [2.75, 3.05) is 13.1 Å². The topological polar surface area (TPSA) is 77.9 Å². The first-order valence-electron chi connectivity index (χ1n) is 4.39. The van der Waals surface area contributed by atoms with Gasteiger partial charge in [-0.15, -0.1) is 0 Å². The zero-order valence-electron chi connectivity index (χ0n) is 8.15. The third-order valence-corrected chi connectivity index (χ3v) is 1.74. The molecule has 0 atom stereocenters. The highest BCUT2D eigenvalue weighted by Crippen LogP contribution is 2.08. The van der Waals surface area contributed by atoms with Gasteiger partial charge in [0.05, 0.1) is 0 Å². The summed E-state index contributed by atoms with van der Waals surface area (Å²) in [4.78, 5) is 13.8. The van der Waals surface area contributed by atoms with Crippen LogP contribution in [0.15, 0.2) is 23.3 Å². The van der Waals surface area contributed by atoms with E-state index < -0.39 is 17.5 Å². The van der Waals surface area contributed by atoms with E-state index in [0.29, 0.717) is 0 Å². The van der Waals surface area contributed by atoms with Crippen LogP contribution < -0.4 is 5.32 Å². The van der Waals surface area contributed by atoms with Crippen molar-refractivity contribution < 1.29 is 13.6 Å². The minimum atomic E-state index is -1.08. The van der Waals surface area contributed by atoms with Crippen molar-refractivity contribution in [1.82, 2.24) is 5.32 Å². The average Bonchev–Trinajstić information content (AvgIpc) is 2.28. The molecule has 0 aromatic heterocycles. The lowest BCUT2D eigenvalue weighted by atomic mass is 10.2. The smallest absolute Gasteiger partial charge is 0.251 e. The Bertz CT molecular complexity index is 443. The number of nitrogens with one attached hydrogen (secondary N) is 1. The fourth-order valence-corrected chi connectivity index (χ4v) is 1.00. The highest BCUT2D eigenvalue weighted by atomic mass is 19.2. The highest BCUT2D eigenvalue weighted by molar-refractivity contribution is 5.94. The van der Waals surface area contributed by atoms with E-state index in [4.69, 9.17) is 5.53 Å². The Labute approximate surface area is 89.7 Å². The lowest BCUT2D eigenvalue weighted by Crippen LogP contribution is -2.26. The van der Waals surface area contributed by atoms with E-state index in [0.717, 1.165) is 12.1 Å². The maximum atomic E-state index is 12.8. The molecule has 0 aliphatic carbocycles. The molecule has 0 radical (unpaired) electrons. The molecule has 7 heteroatoms. The van der Waals surface area contributed by atoms with Crippen LogP contribution in [0.5, 0.6) is 0 Å².